The second kappa shape index (κ2) is 4.53. The van der Waals surface area contributed by atoms with Crippen molar-refractivity contribution in [2.24, 2.45) is 0 Å². The average Bonchev–Trinajstić information content (AvgIpc) is 2.91. The fourth-order valence-corrected chi connectivity index (χ4v) is 1.93. The van der Waals surface area contributed by atoms with Crippen LogP contribution in [-0.4, -0.2) is 28.0 Å². The molecule has 0 unspecified atom stereocenters. The Hall–Kier alpha value is -2.69. The van der Waals surface area contributed by atoms with E-state index in [9.17, 15) is 4.79 Å². The van der Waals surface area contributed by atoms with Crippen LogP contribution in [0.4, 0.5) is 0 Å². The van der Waals surface area contributed by atoms with Crippen LogP contribution < -0.4 is 0 Å². The first-order valence-electron chi connectivity index (χ1n) is 5.78. The van der Waals surface area contributed by atoms with Crippen molar-refractivity contribution in [1.29, 1.82) is 0 Å². The van der Waals surface area contributed by atoms with Crippen molar-refractivity contribution in [3.63, 3.8) is 0 Å². The predicted octanol–water partition coefficient (Wildman–Crippen LogP) is 2.41. The van der Waals surface area contributed by atoms with Gasteiger partial charge < -0.3 is 9.72 Å². The van der Waals surface area contributed by atoms with Crippen LogP contribution in [0.2, 0.25) is 0 Å². The number of aromatic amines is 1. The number of para-hydroxylation sites is 1. The third-order valence-electron chi connectivity index (χ3n) is 2.83. The molecule has 2 heterocycles. The molecule has 3 rings (SSSR count). The highest BCUT2D eigenvalue weighted by atomic mass is 16.5. The zero-order chi connectivity index (χ0) is 13.2. The number of pyridine rings is 1. The topological polar surface area (TPSA) is 67.9 Å². The Bertz CT molecular complexity index is 735. The number of esters is 1. The van der Waals surface area contributed by atoms with Gasteiger partial charge in [-0.1, -0.05) is 12.1 Å². The number of rotatable bonds is 2. The predicted molar refractivity (Wildman–Crippen MR) is 70.7 cm³/mol. The zero-order valence-corrected chi connectivity index (χ0v) is 10.3. The Morgan fingerprint density at radius 2 is 2.11 bits per heavy atom. The molecule has 2 aromatic heterocycles. The number of nitrogens with zero attached hydrogens (tertiary/aromatic N) is 2. The molecule has 19 heavy (non-hydrogen) atoms. The Morgan fingerprint density at radius 1 is 1.21 bits per heavy atom. The van der Waals surface area contributed by atoms with Gasteiger partial charge in [0.2, 0.25) is 0 Å². The summed E-state index contributed by atoms with van der Waals surface area (Å²) in [7, 11) is 1.35. The minimum Gasteiger partial charge on any atom is -0.465 e. The Balaban J connectivity index is 2.19. The molecule has 0 aliphatic rings. The van der Waals surface area contributed by atoms with Gasteiger partial charge >= 0.3 is 5.97 Å². The smallest absolute Gasteiger partial charge is 0.340 e. The lowest BCUT2D eigenvalue weighted by molar-refractivity contribution is 0.0603. The van der Waals surface area contributed by atoms with Crippen LogP contribution in [0.25, 0.3) is 22.6 Å². The third kappa shape index (κ3) is 1.95. The fraction of sp³-hybridized carbons (Fsp3) is 0.0714. The van der Waals surface area contributed by atoms with E-state index < -0.39 is 5.97 Å². The zero-order valence-electron chi connectivity index (χ0n) is 10.3. The van der Waals surface area contributed by atoms with Crippen LogP contribution in [0.5, 0.6) is 0 Å². The highest BCUT2D eigenvalue weighted by Gasteiger charge is 2.14. The number of aromatic nitrogens is 3. The summed E-state index contributed by atoms with van der Waals surface area (Å²) in [6.07, 6.45) is 1.70. The van der Waals surface area contributed by atoms with E-state index in [0.29, 0.717) is 16.9 Å². The van der Waals surface area contributed by atoms with Gasteiger partial charge in [-0.2, -0.15) is 0 Å². The van der Waals surface area contributed by atoms with Crippen molar-refractivity contribution in [1.82, 2.24) is 15.0 Å². The number of carbonyl (C=O) groups excluding carboxylic acids is 1. The molecule has 0 radical (unpaired) electrons. The molecule has 0 aliphatic heterocycles. The maximum atomic E-state index is 11.7. The van der Waals surface area contributed by atoms with Crippen LogP contribution in [0.1, 0.15) is 10.4 Å². The number of ether oxygens (including phenoxy) is 1. The van der Waals surface area contributed by atoms with Crippen molar-refractivity contribution >= 4 is 17.0 Å². The van der Waals surface area contributed by atoms with Gasteiger partial charge in [-0.3, -0.25) is 4.98 Å². The first-order chi connectivity index (χ1) is 9.29. The van der Waals surface area contributed by atoms with Gasteiger partial charge in [0.05, 0.1) is 18.2 Å². The van der Waals surface area contributed by atoms with E-state index in [1.807, 2.05) is 24.3 Å². The quantitative estimate of drug-likeness (QED) is 0.712. The maximum absolute atomic E-state index is 11.7. The second-order valence-corrected chi connectivity index (χ2v) is 3.99. The van der Waals surface area contributed by atoms with Gasteiger partial charge in [-0.05, 0) is 24.3 Å². The Labute approximate surface area is 109 Å². The van der Waals surface area contributed by atoms with Crippen LogP contribution in [0, 0.1) is 0 Å². The standard InChI is InChI=1S/C14H11N3O2/c1-19-14(18)9-5-4-7-10-12(9)17-13(16-10)11-6-2-3-8-15-11/h2-8H,1H3,(H,16,17). The summed E-state index contributed by atoms with van der Waals surface area (Å²) >= 11 is 0. The summed E-state index contributed by atoms with van der Waals surface area (Å²) in [5.74, 6) is 0.233. The molecule has 0 aliphatic carbocycles. The maximum Gasteiger partial charge on any atom is 0.340 e. The van der Waals surface area contributed by atoms with Gasteiger partial charge in [0, 0.05) is 6.20 Å². The molecule has 5 heteroatoms. The number of nitrogens with one attached hydrogen (secondary N) is 1. The summed E-state index contributed by atoms with van der Waals surface area (Å²) < 4.78 is 4.75. The molecule has 0 saturated heterocycles. The molecule has 0 spiro atoms. The number of fused-ring (bicyclic) bond motifs is 1. The van der Waals surface area contributed by atoms with Gasteiger partial charge in [0.1, 0.15) is 11.2 Å². The van der Waals surface area contributed by atoms with Crippen molar-refractivity contribution < 1.29 is 9.53 Å². The number of carbonyl (C=O) groups is 1. The molecule has 1 N–H and O–H groups in total. The van der Waals surface area contributed by atoms with E-state index in [2.05, 4.69) is 15.0 Å². The normalized spacial score (nSPS) is 10.6. The van der Waals surface area contributed by atoms with Crippen molar-refractivity contribution in [2.45, 2.75) is 0 Å². The van der Waals surface area contributed by atoms with Crippen molar-refractivity contribution in [3.8, 4) is 11.5 Å². The highest BCUT2D eigenvalue weighted by molar-refractivity contribution is 6.02. The Morgan fingerprint density at radius 3 is 2.84 bits per heavy atom. The Kier molecular flexibility index (Phi) is 2.72. The van der Waals surface area contributed by atoms with Crippen molar-refractivity contribution in [2.75, 3.05) is 7.11 Å². The molecule has 5 nitrogen and oxygen atoms in total. The van der Waals surface area contributed by atoms with Gasteiger partial charge in [0.25, 0.3) is 0 Å². The first kappa shape index (κ1) is 11.4. The molecule has 0 saturated carbocycles. The number of imidazole rings is 1. The van der Waals surface area contributed by atoms with Crippen molar-refractivity contribution in [3.05, 3.63) is 48.2 Å². The van der Waals surface area contributed by atoms with E-state index in [1.165, 1.54) is 7.11 Å². The number of hydrogen-bond acceptors (Lipinski definition) is 4. The molecular formula is C14H11N3O2. The number of benzene rings is 1. The average molecular weight is 253 g/mol. The first-order valence-corrected chi connectivity index (χ1v) is 5.78. The van der Waals surface area contributed by atoms with E-state index in [4.69, 9.17) is 4.74 Å². The lowest BCUT2D eigenvalue weighted by Gasteiger charge is -1.98. The minimum absolute atomic E-state index is 0.398. The largest absolute Gasteiger partial charge is 0.465 e. The summed E-state index contributed by atoms with van der Waals surface area (Å²) in [5, 5.41) is 0. The molecule has 3 aromatic rings. The number of methoxy groups -OCH3 is 1. The molecule has 1 aromatic carbocycles. The summed E-state index contributed by atoms with van der Waals surface area (Å²) in [6.45, 7) is 0. The molecule has 0 amide bonds. The molecule has 94 valence electrons. The monoisotopic (exact) mass is 253 g/mol. The molecule has 0 bridgehead atoms. The third-order valence-corrected chi connectivity index (χ3v) is 2.83. The molecule has 0 atom stereocenters. The van der Waals surface area contributed by atoms with Gasteiger partial charge in [-0.25, -0.2) is 9.78 Å². The van der Waals surface area contributed by atoms with E-state index >= 15 is 0 Å². The van der Waals surface area contributed by atoms with Crippen LogP contribution >= 0.6 is 0 Å². The highest BCUT2D eigenvalue weighted by Crippen LogP contribution is 2.21. The summed E-state index contributed by atoms with van der Waals surface area (Å²) in [5.41, 5.74) is 2.55. The molecular weight excluding hydrogens is 242 g/mol. The number of H-pyrrole nitrogens is 1. The fourth-order valence-electron chi connectivity index (χ4n) is 1.93. The second-order valence-electron chi connectivity index (χ2n) is 3.99. The number of hydrogen-bond donors (Lipinski definition) is 1. The van der Waals surface area contributed by atoms with Gasteiger partial charge in [0.15, 0.2) is 5.82 Å². The summed E-state index contributed by atoms with van der Waals surface area (Å²) in [4.78, 5) is 23.5. The van der Waals surface area contributed by atoms with E-state index in [-0.39, 0.29) is 0 Å². The van der Waals surface area contributed by atoms with Crippen LogP contribution in [0.3, 0.4) is 0 Å². The summed E-state index contributed by atoms with van der Waals surface area (Å²) in [6, 6.07) is 10.9. The van der Waals surface area contributed by atoms with E-state index in [0.717, 1.165) is 11.2 Å². The lowest BCUT2D eigenvalue weighted by Crippen LogP contribution is -2.01. The van der Waals surface area contributed by atoms with Crippen LogP contribution in [-0.2, 0) is 4.74 Å². The SMILES string of the molecule is COC(=O)c1cccc2[nH]c(-c3ccccn3)nc12. The van der Waals surface area contributed by atoms with E-state index in [1.54, 1.807) is 18.3 Å². The van der Waals surface area contributed by atoms with Crippen LogP contribution in [0.15, 0.2) is 42.6 Å². The van der Waals surface area contributed by atoms with Gasteiger partial charge in [-0.15, -0.1) is 0 Å². The minimum atomic E-state index is -0.398. The molecule has 0 fully saturated rings. The lowest BCUT2D eigenvalue weighted by atomic mass is 10.2.